The molecule has 0 unspecified atom stereocenters. The van der Waals surface area contributed by atoms with Gasteiger partial charge in [-0.15, -0.1) is 0 Å². The van der Waals surface area contributed by atoms with Crippen LogP contribution in [-0.2, 0) is 14.8 Å². The highest BCUT2D eigenvalue weighted by atomic mass is 35.5. The van der Waals surface area contributed by atoms with Crippen molar-refractivity contribution < 1.29 is 23.2 Å². The number of aryl methyl sites for hydroxylation is 1. The molecule has 0 aliphatic heterocycles. The maximum atomic E-state index is 13.0. The van der Waals surface area contributed by atoms with Crippen LogP contribution in [-0.4, -0.2) is 31.0 Å². The molecule has 0 aliphatic rings. The number of nitro benzene ring substituents is 1. The van der Waals surface area contributed by atoms with Crippen LogP contribution in [0.1, 0.15) is 12.0 Å². The van der Waals surface area contributed by atoms with Gasteiger partial charge in [0, 0.05) is 23.7 Å². The lowest BCUT2D eigenvalue weighted by Gasteiger charge is -2.24. The summed E-state index contributed by atoms with van der Waals surface area (Å²) >= 11 is 5.96. The molecule has 0 fully saturated rings. The summed E-state index contributed by atoms with van der Waals surface area (Å²) in [6.07, 6.45) is -0.435. The third-order valence-corrected chi connectivity index (χ3v) is 5.82. The summed E-state index contributed by atoms with van der Waals surface area (Å²) in [5, 5.41) is 20.3. The minimum Gasteiger partial charge on any atom is -0.481 e. The molecule has 2 aromatic rings. The maximum absolute atomic E-state index is 13.0. The first-order chi connectivity index (χ1) is 12.1. The Balaban J connectivity index is 2.55. The number of anilines is 1. The van der Waals surface area contributed by atoms with Gasteiger partial charge in [-0.25, -0.2) is 8.42 Å². The second-order valence-corrected chi connectivity index (χ2v) is 7.68. The second-order valence-electron chi connectivity index (χ2n) is 5.41. The fourth-order valence-electron chi connectivity index (χ4n) is 2.25. The summed E-state index contributed by atoms with van der Waals surface area (Å²) in [4.78, 5) is 20.9. The van der Waals surface area contributed by atoms with Crippen molar-refractivity contribution in [2.75, 3.05) is 10.8 Å². The Labute approximate surface area is 154 Å². The van der Waals surface area contributed by atoms with Gasteiger partial charge >= 0.3 is 5.97 Å². The van der Waals surface area contributed by atoms with Gasteiger partial charge in [0.05, 0.1) is 21.9 Å². The van der Waals surface area contributed by atoms with E-state index in [-0.39, 0.29) is 22.8 Å². The molecule has 0 aliphatic carbocycles. The average molecular weight is 399 g/mol. The summed E-state index contributed by atoms with van der Waals surface area (Å²) in [6, 6.07) is 9.05. The molecule has 0 saturated carbocycles. The van der Waals surface area contributed by atoms with Crippen LogP contribution in [0.5, 0.6) is 0 Å². The number of rotatable bonds is 7. The highest BCUT2D eigenvalue weighted by Crippen LogP contribution is 2.29. The first kappa shape index (κ1) is 19.7. The van der Waals surface area contributed by atoms with E-state index in [0.717, 1.165) is 10.4 Å². The number of carboxylic acid groups (broad SMARTS) is 1. The molecular formula is C16H15ClN2O6S. The van der Waals surface area contributed by atoms with E-state index in [2.05, 4.69) is 0 Å². The molecule has 0 radical (unpaired) electrons. The molecule has 0 heterocycles. The van der Waals surface area contributed by atoms with E-state index in [1.165, 1.54) is 36.4 Å². The van der Waals surface area contributed by atoms with Crippen LogP contribution in [0.4, 0.5) is 11.4 Å². The first-order valence-electron chi connectivity index (χ1n) is 7.38. The van der Waals surface area contributed by atoms with Gasteiger partial charge in [0.25, 0.3) is 15.7 Å². The Kier molecular flexibility index (Phi) is 5.83. The third kappa shape index (κ3) is 4.30. The zero-order valence-corrected chi connectivity index (χ0v) is 15.2. The minimum atomic E-state index is -4.21. The summed E-state index contributed by atoms with van der Waals surface area (Å²) in [6.45, 7) is 1.35. The van der Waals surface area contributed by atoms with Crippen LogP contribution in [0.25, 0.3) is 0 Å². The zero-order chi connectivity index (χ0) is 19.5. The number of benzene rings is 2. The molecule has 2 rings (SSSR count). The number of nitro groups is 1. The van der Waals surface area contributed by atoms with E-state index >= 15 is 0 Å². The lowest BCUT2D eigenvalue weighted by atomic mass is 10.2. The number of carboxylic acids is 1. The number of non-ortho nitro benzene ring substituents is 1. The number of sulfonamides is 1. The summed E-state index contributed by atoms with van der Waals surface area (Å²) in [5.74, 6) is -1.17. The van der Waals surface area contributed by atoms with Crippen molar-refractivity contribution in [1.82, 2.24) is 0 Å². The molecule has 0 atom stereocenters. The number of hydrogen-bond donors (Lipinski definition) is 1. The smallest absolute Gasteiger partial charge is 0.305 e. The lowest BCUT2D eigenvalue weighted by molar-refractivity contribution is -0.385. The van der Waals surface area contributed by atoms with Gasteiger partial charge in [0.1, 0.15) is 0 Å². The molecule has 8 nitrogen and oxygen atoms in total. The van der Waals surface area contributed by atoms with E-state index in [0.29, 0.717) is 10.6 Å². The Bertz CT molecular complexity index is 961. The van der Waals surface area contributed by atoms with E-state index in [1.54, 1.807) is 6.92 Å². The second kappa shape index (κ2) is 7.71. The van der Waals surface area contributed by atoms with Crippen molar-refractivity contribution in [3.8, 4) is 0 Å². The predicted octanol–water partition coefficient (Wildman–Crippen LogP) is 3.23. The van der Waals surface area contributed by atoms with Crippen LogP contribution in [0.15, 0.2) is 47.4 Å². The average Bonchev–Trinajstić information content (AvgIpc) is 2.57. The Morgan fingerprint density at radius 3 is 2.54 bits per heavy atom. The lowest BCUT2D eigenvalue weighted by Crippen LogP contribution is -2.33. The quantitative estimate of drug-likeness (QED) is 0.565. The van der Waals surface area contributed by atoms with Crippen LogP contribution < -0.4 is 4.31 Å². The highest BCUT2D eigenvalue weighted by molar-refractivity contribution is 7.92. The summed E-state index contributed by atoms with van der Waals surface area (Å²) < 4.78 is 26.9. The van der Waals surface area contributed by atoms with Crippen molar-refractivity contribution in [2.24, 2.45) is 0 Å². The maximum Gasteiger partial charge on any atom is 0.305 e. The van der Waals surface area contributed by atoms with Crippen molar-refractivity contribution in [3.63, 3.8) is 0 Å². The van der Waals surface area contributed by atoms with Crippen molar-refractivity contribution in [3.05, 3.63) is 63.2 Å². The Morgan fingerprint density at radius 1 is 1.27 bits per heavy atom. The Hall–Kier alpha value is -2.65. The number of aliphatic carboxylic acids is 1. The van der Waals surface area contributed by atoms with Gasteiger partial charge in [0.2, 0.25) is 0 Å². The van der Waals surface area contributed by atoms with Crippen LogP contribution in [0.2, 0.25) is 5.02 Å². The topological polar surface area (TPSA) is 118 Å². The fraction of sp³-hybridized carbons (Fsp3) is 0.188. The minimum absolute atomic E-state index is 0.222. The number of nitrogens with zero attached hydrogens (tertiary/aromatic N) is 2. The molecular weight excluding hydrogens is 384 g/mol. The van der Waals surface area contributed by atoms with Gasteiger partial charge in [-0.1, -0.05) is 17.7 Å². The van der Waals surface area contributed by atoms with Crippen LogP contribution in [0.3, 0.4) is 0 Å². The number of carbonyl (C=O) groups is 1. The molecule has 0 aromatic heterocycles. The Morgan fingerprint density at radius 2 is 1.96 bits per heavy atom. The monoisotopic (exact) mass is 398 g/mol. The molecule has 26 heavy (non-hydrogen) atoms. The molecule has 0 amide bonds. The molecule has 138 valence electrons. The standard InChI is InChI=1S/C16H15ClN2O6S/c1-11-9-12(5-6-15(11)17)18(8-7-16(20)21)26(24,25)14-4-2-3-13(10-14)19(22)23/h2-6,9-10H,7-8H2,1H3,(H,20,21). The summed E-state index contributed by atoms with van der Waals surface area (Å²) in [7, 11) is -4.21. The van der Waals surface area contributed by atoms with Crippen LogP contribution >= 0.6 is 11.6 Å². The van der Waals surface area contributed by atoms with Gasteiger partial charge in [-0.05, 0) is 36.8 Å². The van der Waals surface area contributed by atoms with Crippen molar-refractivity contribution >= 4 is 39.0 Å². The van der Waals surface area contributed by atoms with E-state index in [4.69, 9.17) is 16.7 Å². The van der Waals surface area contributed by atoms with Gasteiger partial charge in [-0.3, -0.25) is 19.2 Å². The van der Waals surface area contributed by atoms with E-state index < -0.39 is 27.3 Å². The zero-order valence-electron chi connectivity index (χ0n) is 13.6. The van der Waals surface area contributed by atoms with Crippen molar-refractivity contribution in [1.29, 1.82) is 0 Å². The molecule has 0 saturated heterocycles. The first-order valence-corrected chi connectivity index (χ1v) is 9.20. The number of hydrogen-bond acceptors (Lipinski definition) is 5. The van der Waals surface area contributed by atoms with Gasteiger partial charge in [-0.2, -0.15) is 0 Å². The van der Waals surface area contributed by atoms with Gasteiger partial charge in [0.15, 0.2) is 0 Å². The molecule has 2 aromatic carbocycles. The SMILES string of the molecule is Cc1cc(N(CCC(=O)O)S(=O)(=O)c2cccc([N+](=O)[O-])c2)ccc1Cl. The molecule has 1 N–H and O–H groups in total. The normalized spacial score (nSPS) is 11.2. The van der Waals surface area contributed by atoms with E-state index in [1.807, 2.05) is 0 Å². The summed E-state index contributed by atoms with van der Waals surface area (Å²) in [5.41, 5.74) is 0.454. The molecule has 10 heteroatoms. The van der Waals surface area contributed by atoms with Crippen LogP contribution in [0, 0.1) is 17.0 Å². The predicted molar refractivity (Wildman–Crippen MR) is 96.1 cm³/mol. The molecule has 0 spiro atoms. The third-order valence-electron chi connectivity index (χ3n) is 3.57. The largest absolute Gasteiger partial charge is 0.481 e. The fourth-order valence-corrected chi connectivity index (χ4v) is 3.87. The highest BCUT2D eigenvalue weighted by Gasteiger charge is 2.27. The number of halogens is 1. The molecule has 0 bridgehead atoms. The van der Waals surface area contributed by atoms with Gasteiger partial charge < -0.3 is 5.11 Å². The van der Waals surface area contributed by atoms with Crippen molar-refractivity contribution in [2.45, 2.75) is 18.2 Å². The van der Waals surface area contributed by atoms with E-state index in [9.17, 15) is 23.3 Å².